The molecule has 0 aliphatic heterocycles. The lowest BCUT2D eigenvalue weighted by molar-refractivity contribution is 0.0697. The van der Waals surface area contributed by atoms with E-state index in [1.54, 1.807) is 13.1 Å². The molecule has 0 spiro atoms. The molecule has 0 radical (unpaired) electrons. The zero-order valence-corrected chi connectivity index (χ0v) is 19.8. The average Bonchev–Trinajstić information content (AvgIpc) is 3.04. The number of aromatic carboxylic acids is 1. The van der Waals surface area contributed by atoms with E-state index in [0.717, 1.165) is 35.6 Å². The Hall–Kier alpha value is -3.40. The third-order valence-electron chi connectivity index (χ3n) is 5.52. The number of aromatic nitrogens is 2. The number of halogens is 1. The number of carbonyl (C=O) groups is 1. The van der Waals surface area contributed by atoms with Crippen LogP contribution in [0.5, 0.6) is 0 Å². The van der Waals surface area contributed by atoms with Crippen LogP contribution in [0.3, 0.4) is 0 Å². The van der Waals surface area contributed by atoms with Crippen molar-refractivity contribution < 1.29 is 22.7 Å². The molecule has 0 saturated carbocycles. The van der Waals surface area contributed by atoms with E-state index in [4.69, 9.17) is 0 Å². The number of aryl methyl sites for hydroxylation is 2. The van der Waals surface area contributed by atoms with Gasteiger partial charge in [-0.2, -0.15) is 5.10 Å². The van der Waals surface area contributed by atoms with Crippen LogP contribution in [-0.4, -0.2) is 42.9 Å². The number of anilines is 2. The van der Waals surface area contributed by atoms with Crippen LogP contribution in [0.15, 0.2) is 47.4 Å². The van der Waals surface area contributed by atoms with Gasteiger partial charge in [0.1, 0.15) is 5.82 Å². The van der Waals surface area contributed by atoms with Gasteiger partial charge in [-0.25, -0.2) is 17.6 Å². The van der Waals surface area contributed by atoms with E-state index in [1.165, 1.54) is 24.3 Å². The summed E-state index contributed by atoms with van der Waals surface area (Å²) in [6, 6.07) is 8.89. The number of nitrogens with zero attached hydrogens (tertiary/aromatic N) is 3. The van der Waals surface area contributed by atoms with E-state index in [9.17, 15) is 22.7 Å². The van der Waals surface area contributed by atoms with Gasteiger partial charge in [-0.1, -0.05) is 6.07 Å². The van der Waals surface area contributed by atoms with Gasteiger partial charge in [0.2, 0.25) is 0 Å². The van der Waals surface area contributed by atoms with Crippen molar-refractivity contribution in [2.45, 2.75) is 38.6 Å². The van der Waals surface area contributed by atoms with Crippen LogP contribution in [0.2, 0.25) is 0 Å². The fourth-order valence-corrected chi connectivity index (χ4v) is 4.84. The van der Waals surface area contributed by atoms with Crippen molar-refractivity contribution in [3.05, 3.63) is 70.8 Å². The fraction of sp³-hybridized carbons (Fsp3) is 0.304. The van der Waals surface area contributed by atoms with Gasteiger partial charge < -0.3 is 10.0 Å². The zero-order chi connectivity index (χ0) is 24.3. The topological polar surface area (TPSA) is 105 Å². The van der Waals surface area contributed by atoms with Gasteiger partial charge in [0.25, 0.3) is 10.0 Å². The molecule has 0 unspecified atom stereocenters. The summed E-state index contributed by atoms with van der Waals surface area (Å²) < 4.78 is 42.8. The molecule has 2 aromatic carbocycles. The quantitative estimate of drug-likeness (QED) is 0.488. The molecule has 1 aromatic heterocycles. The summed E-state index contributed by atoms with van der Waals surface area (Å²) in [5, 5.41) is 14.2. The Morgan fingerprint density at radius 2 is 1.94 bits per heavy atom. The molecular formula is C23H27FN4O4S. The molecule has 176 valence electrons. The number of benzene rings is 2. The number of hydrogen-bond acceptors (Lipinski definition) is 5. The molecule has 8 nitrogen and oxygen atoms in total. The maximum Gasteiger partial charge on any atom is 0.337 e. The van der Waals surface area contributed by atoms with Crippen molar-refractivity contribution in [3.63, 3.8) is 0 Å². The lowest BCUT2D eigenvalue weighted by Gasteiger charge is -2.22. The van der Waals surface area contributed by atoms with Crippen molar-refractivity contribution >= 4 is 27.4 Å². The van der Waals surface area contributed by atoms with Gasteiger partial charge in [-0.15, -0.1) is 0 Å². The number of rotatable bonds is 9. The number of hydrogen-bond donors (Lipinski definition) is 2. The predicted molar refractivity (Wildman–Crippen MR) is 125 cm³/mol. The van der Waals surface area contributed by atoms with E-state index in [1.807, 2.05) is 30.4 Å². The highest BCUT2D eigenvalue weighted by molar-refractivity contribution is 7.92. The first-order chi connectivity index (χ1) is 15.5. The molecule has 0 amide bonds. The summed E-state index contributed by atoms with van der Waals surface area (Å²) >= 11 is 0. The van der Waals surface area contributed by atoms with Crippen LogP contribution in [-0.2, 0) is 23.0 Å². The van der Waals surface area contributed by atoms with Crippen molar-refractivity contribution in [1.82, 2.24) is 9.78 Å². The monoisotopic (exact) mass is 474 g/mol. The minimum absolute atomic E-state index is 0.0466. The maximum absolute atomic E-state index is 13.4. The van der Waals surface area contributed by atoms with E-state index < -0.39 is 21.8 Å². The number of nitrogens with one attached hydrogen (secondary N) is 1. The second kappa shape index (κ2) is 9.62. The summed E-state index contributed by atoms with van der Waals surface area (Å²) in [5.41, 5.74) is 3.64. The van der Waals surface area contributed by atoms with Crippen molar-refractivity contribution in [2.24, 2.45) is 0 Å². The van der Waals surface area contributed by atoms with E-state index >= 15 is 0 Å². The van der Waals surface area contributed by atoms with Crippen LogP contribution in [0.4, 0.5) is 15.8 Å². The standard InChI is InChI=1S/C23H27FN4O4S/c1-5-28-16(3)20(15(2)25-28)11-12-27(4)22-10-9-18(14-21(22)23(29)30)26-33(31,32)19-8-6-7-17(24)13-19/h6-10,13-14,26H,5,11-12H2,1-4H3,(H,29,30). The van der Waals surface area contributed by atoms with Gasteiger partial charge in [-0.3, -0.25) is 9.40 Å². The summed E-state index contributed by atoms with van der Waals surface area (Å²) in [5.74, 6) is -1.87. The lowest BCUT2D eigenvalue weighted by Crippen LogP contribution is -2.23. The Morgan fingerprint density at radius 1 is 1.21 bits per heavy atom. The Labute approximate surface area is 192 Å². The highest BCUT2D eigenvalue weighted by Gasteiger charge is 2.19. The average molecular weight is 475 g/mol. The van der Waals surface area contributed by atoms with Crippen molar-refractivity contribution in [3.8, 4) is 0 Å². The summed E-state index contributed by atoms with van der Waals surface area (Å²) in [6.07, 6.45) is 0.682. The van der Waals surface area contributed by atoms with Crippen LogP contribution in [0.25, 0.3) is 0 Å². The molecular weight excluding hydrogens is 447 g/mol. The molecule has 0 aliphatic carbocycles. The molecule has 33 heavy (non-hydrogen) atoms. The van der Waals surface area contributed by atoms with Crippen LogP contribution in [0, 0.1) is 19.7 Å². The zero-order valence-electron chi connectivity index (χ0n) is 19.0. The number of sulfonamides is 1. The summed E-state index contributed by atoms with van der Waals surface area (Å²) in [7, 11) is -2.29. The third-order valence-corrected chi connectivity index (χ3v) is 6.90. The normalized spacial score (nSPS) is 11.4. The number of carboxylic acid groups (broad SMARTS) is 1. The SMILES string of the molecule is CCn1nc(C)c(CCN(C)c2ccc(NS(=O)(=O)c3cccc(F)c3)cc2C(=O)O)c1C. The van der Waals surface area contributed by atoms with E-state index in [2.05, 4.69) is 9.82 Å². The first-order valence-corrected chi connectivity index (χ1v) is 11.9. The highest BCUT2D eigenvalue weighted by Crippen LogP contribution is 2.26. The molecule has 10 heteroatoms. The first kappa shape index (κ1) is 24.2. The Morgan fingerprint density at radius 3 is 2.55 bits per heavy atom. The molecule has 0 saturated heterocycles. The Kier molecular flexibility index (Phi) is 7.06. The van der Waals surface area contributed by atoms with E-state index in [0.29, 0.717) is 18.7 Å². The smallest absolute Gasteiger partial charge is 0.337 e. The summed E-state index contributed by atoms with van der Waals surface area (Å²) in [4.78, 5) is 13.5. The van der Waals surface area contributed by atoms with Crippen LogP contribution in [0.1, 0.15) is 34.2 Å². The van der Waals surface area contributed by atoms with Gasteiger partial charge in [-0.05, 0) is 69.2 Å². The van der Waals surface area contributed by atoms with Gasteiger partial charge in [0.15, 0.2) is 0 Å². The minimum Gasteiger partial charge on any atom is -0.478 e. The molecule has 3 rings (SSSR count). The third kappa shape index (κ3) is 5.33. The second-order valence-electron chi connectivity index (χ2n) is 7.74. The van der Waals surface area contributed by atoms with Crippen molar-refractivity contribution in [1.29, 1.82) is 0 Å². The molecule has 0 atom stereocenters. The Balaban J connectivity index is 1.82. The molecule has 0 aliphatic rings. The molecule has 2 N–H and O–H groups in total. The first-order valence-electron chi connectivity index (χ1n) is 10.4. The molecule has 3 aromatic rings. The van der Waals surface area contributed by atoms with Crippen molar-refractivity contribution in [2.75, 3.05) is 23.2 Å². The van der Waals surface area contributed by atoms with Gasteiger partial charge in [0.05, 0.1) is 21.8 Å². The maximum atomic E-state index is 13.4. The number of carboxylic acids is 1. The van der Waals surface area contributed by atoms with Crippen LogP contribution < -0.4 is 9.62 Å². The van der Waals surface area contributed by atoms with E-state index in [-0.39, 0.29) is 16.1 Å². The minimum atomic E-state index is -4.07. The number of likely N-dealkylation sites (N-methyl/N-ethyl adjacent to an activating group) is 1. The van der Waals surface area contributed by atoms with Gasteiger partial charge >= 0.3 is 5.97 Å². The lowest BCUT2D eigenvalue weighted by atomic mass is 10.1. The highest BCUT2D eigenvalue weighted by atomic mass is 32.2. The predicted octanol–water partition coefficient (Wildman–Crippen LogP) is 3.84. The summed E-state index contributed by atoms with van der Waals surface area (Å²) in [6.45, 7) is 7.32. The second-order valence-corrected chi connectivity index (χ2v) is 9.42. The fourth-order valence-electron chi connectivity index (χ4n) is 3.76. The van der Waals surface area contributed by atoms with Crippen LogP contribution >= 0.6 is 0 Å². The van der Waals surface area contributed by atoms with Gasteiger partial charge in [0, 0.05) is 31.5 Å². The Bertz CT molecular complexity index is 1290. The largest absolute Gasteiger partial charge is 0.478 e. The molecule has 1 heterocycles. The molecule has 0 bridgehead atoms. The molecule has 0 fully saturated rings.